The molecule has 0 amide bonds. The summed E-state index contributed by atoms with van der Waals surface area (Å²) in [4.78, 5) is 6.29. The zero-order chi connectivity index (χ0) is 11.5. The molecule has 1 aromatic rings. The molecule has 0 spiro atoms. The zero-order valence-corrected chi connectivity index (χ0v) is 9.31. The Morgan fingerprint density at radius 1 is 1.69 bits per heavy atom. The van der Waals surface area contributed by atoms with Gasteiger partial charge in [-0.2, -0.15) is 0 Å². The van der Waals surface area contributed by atoms with E-state index in [-0.39, 0.29) is 11.9 Å². The van der Waals surface area contributed by atoms with E-state index < -0.39 is 0 Å². The van der Waals surface area contributed by atoms with Crippen LogP contribution in [0.5, 0.6) is 0 Å². The molecule has 2 rings (SSSR count). The number of nitrogens with one attached hydrogen (secondary N) is 1. The van der Waals surface area contributed by atoms with E-state index in [1.807, 2.05) is 0 Å². The lowest BCUT2D eigenvalue weighted by molar-refractivity contribution is 0.0989. The number of pyridine rings is 1. The molecule has 0 aliphatic carbocycles. The molecule has 1 aliphatic rings. The third-order valence-corrected chi connectivity index (χ3v) is 2.77. The van der Waals surface area contributed by atoms with E-state index in [4.69, 9.17) is 15.9 Å². The molecular weight excluding hydrogens is 204 g/mol. The Morgan fingerprint density at radius 3 is 3.19 bits per heavy atom. The zero-order valence-electron chi connectivity index (χ0n) is 9.31. The van der Waals surface area contributed by atoms with Crippen LogP contribution in [0.4, 0.5) is 5.69 Å². The first-order chi connectivity index (χ1) is 7.70. The minimum Gasteiger partial charge on any atom is -0.384 e. The molecule has 3 N–H and O–H groups in total. The molecule has 1 aromatic heterocycles. The van der Waals surface area contributed by atoms with Gasteiger partial charge in [-0.15, -0.1) is 0 Å². The van der Waals surface area contributed by atoms with E-state index in [2.05, 4.69) is 16.8 Å². The number of nitrogen functional groups attached to an aromatic ring is 1. The molecule has 16 heavy (non-hydrogen) atoms. The maximum Gasteiger partial charge on any atom is 0.125 e. The number of amidine groups is 1. The Hall–Kier alpha value is -1.62. The van der Waals surface area contributed by atoms with Crippen LogP contribution in [0, 0.1) is 5.41 Å². The molecule has 2 heterocycles. The van der Waals surface area contributed by atoms with Crippen molar-refractivity contribution >= 4 is 11.5 Å². The van der Waals surface area contributed by atoms with Gasteiger partial charge in [0, 0.05) is 24.3 Å². The maximum atomic E-state index is 7.55. The Balaban J connectivity index is 2.34. The number of rotatable bonds is 2. The van der Waals surface area contributed by atoms with Crippen molar-refractivity contribution in [2.45, 2.75) is 13.0 Å². The van der Waals surface area contributed by atoms with Crippen LogP contribution in [0.25, 0.3) is 0 Å². The summed E-state index contributed by atoms with van der Waals surface area (Å²) in [6.45, 7) is 4.31. The van der Waals surface area contributed by atoms with Gasteiger partial charge < -0.3 is 15.4 Å². The fourth-order valence-electron chi connectivity index (χ4n) is 1.93. The van der Waals surface area contributed by atoms with E-state index in [9.17, 15) is 0 Å². The molecule has 0 bridgehead atoms. The van der Waals surface area contributed by atoms with Crippen LogP contribution in [0.1, 0.15) is 12.5 Å². The topological polar surface area (TPSA) is 75.2 Å². The summed E-state index contributed by atoms with van der Waals surface area (Å²) in [7, 11) is 0. The van der Waals surface area contributed by atoms with Gasteiger partial charge in [0.1, 0.15) is 5.84 Å². The predicted octanol–water partition coefficient (Wildman–Crippen LogP) is 0.591. The van der Waals surface area contributed by atoms with Crippen molar-refractivity contribution in [3.8, 4) is 0 Å². The van der Waals surface area contributed by atoms with Crippen molar-refractivity contribution < 1.29 is 4.74 Å². The van der Waals surface area contributed by atoms with Crippen molar-refractivity contribution in [2.24, 2.45) is 5.73 Å². The smallest absolute Gasteiger partial charge is 0.125 e. The van der Waals surface area contributed by atoms with Crippen molar-refractivity contribution in [3.05, 3.63) is 24.0 Å². The Kier molecular flexibility index (Phi) is 3.05. The lowest BCUT2D eigenvalue weighted by atomic mass is 10.1. The molecular formula is C11H16N4O. The summed E-state index contributed by atoms with van der Waals surface area (Å²) in [5.74, 6) is 0.0797. The molecule has 1 atom stereocenters. The molecule has 0 radical (unpaired) electrons. The summed E-state index contributed by atoms with van der Waals surface area (Å²) in [5, 5.41) is 7.55. The van der Waals surface area contributed by atoms with Crippen molar-refractivity contribution in [3.63, 3.8) is 0 Å². The van der Waals surface area contributed by atoms with E-state index in [1.54, 1.807) is 18.5 Å². The van der Waals surface area contributed by atoms with E-state index in [0.717, 1.165) is 17.8 Å². The number of hydrogen-bond acceptors (Lipinski definition) is 4. The Morgan fingerprint density at radius 2 is 2.50 bits per heavy atom. The summed E-state index contributed by atoms with van der Waals surface area (Å²) in [6.07, 6.45) is 3.42. The van der Waals surface area contributed by atoms with Gasteiger partial charge in [0.2, 0.25) is 0 Å². The van der Waals surface area contributed by atoms with E-state index in [1.165, 1.54) is 0 Å². The van der Waals surface area contributed by atoms with Crippen LogP contribution in [-0.4, -0.2) is 36.6 Å². The van der Waals surface area contributed by atoms with Gasteiger partial charge in [-0.05, 0) is 13.0 Å². The molecule has 1 fully saturated rings. The fourth-order valence-corrected chi connectivity index (χ4v) is 1.93. The average Bonchev–Trinajstić information content (AvgIpc) is 2.29. The SMILES string of the molecule is CC1COCCN1c1cnccc1C(=N)N. The van der Waals surface area contributed by atoms with Gasteiger partial charge >= 0.3 is 0 Å². The van der Waals surface area contributed by atoms with Gasteiger partial charge in [-0.3, -0.25) is 10.4 Å². The quantitative estimate of drug-likeness (QED) is 0.565. The number of anilines is 1. The molecule has 1 saturated heterocycles. The largest absolute Gasteiger partial charge is 0.384 e. The van der Waals surface area contributed by atoms with Crippen LogP contribution in [-0.2, 0) is 4.74 Å². The molecule has 1 unspecified atom stereocenters. The monoisotopic (exact) mass is 220 g/mol. The molecule has 86 valence electrons. The van der Waals surface area contributed by atoms with Crippen LogP contribution in [0.2, 0.25) is 0 Å². The van der Waals surface area contributed by atoms with Crippen molar-refractivity contribution in [1.29, 1.82) is 5.41 Å². The first kappa shape index (κ1) is 10.9. The van der Waals surface area contributed by atoms with Crippen LogP contribution in [0.15, 0.2) is 18.5 Å². The van der Waals surface area contributed by atoms with Crippen molar-refractivity contribution in [2.75, 3.05) is 24.7 Å². The molecule has 1 aliphatic heterocycles. The van der Waals surface area contributed by atoms with Gasteiger partial charge in [0.05, 0.1) is 25.1 Å². The molecule has 5 heteroatoms. The molecule has 0 saturated carbocycles. The van der Waals surface area contributed by atoms with E-state index >= 15 is 0 Å². The summed E-state index contributed by atoms with van der Waals surface area (Å²) in [6, 6.07) is 2.07. The second kappa shape index (κ2) is 4.49. The third-order valence-electron chi connectivity index (χ3n) is 2.77. The van der Waals surface area contributed by atoms with Crippen LogP contribution in [0.3, 0.4) is 0 Å². The number of aromatic nitrogens is 1. The normalized spacial score (nSPS) is 20.8. The first-order valence-corrected chi connectivity index (χ1v) is 5.33. The van der Waals surface area contributed by atoms with Crippen molar-refractivity contribution in [1.82, 2.24) is 4.98 Å². The third kappa shape index (κ3) is 1.99. The highest BCUT2D eigenvalue weighted by molar-refractivity contribution is 6.00. The first-order valence-electron chi connectivity index (χ1n) is 5.33. The average molecular weight is 220 g/mol. The van der Waals surface area contributed by atoms with Crippen LogP contribution >= 0.6 is 0 Å². The summed E-state index contributed by atoms with van der Waals surface area (Å²) >= 11 is 0. The Labute approximate surface area is 94.7 Å². The molecule has 5 nitrogen and oxygen atoms in total. The lowest BCUT2D eigenvalue weighted by Crippen LogP contribution is -2.44. The highest BCUT2D eigenvalue weighted by Gasteiger charge is 2.22. The summed E-state index contributed by atoms with van der Waals surface area (Å²) in [5.41, 5.74) is 7.23. The minimum atomic E-state index is 0.0797. The highest BCUT2D eigenvalue weighted by Crippen LogP contribution is 2.22. The number of morpholine rings is 1. The van der Waals surface area contributed by atoms with Gasteiger partial charge in [-0.25, -0.2) is 0 Å². The predicted molar refractivity (Wildman–Crippen MR) is 62.9 cm³/mol. The fraction of sp³-hybridized carbons (Fsp3) is 0.455. The standard InChI is InChI=1S/C11H16N4O/c1-8-7-16-5-4-15(8)10-6-14-3-2-9(10)11(12)13/h2-3,6,8H,4-5,7H2,1H3,(H3,12,13). The second-order valence-electron chi connectivity index (χ2n) is 3.92. The number of nitrogens with zero attached hydrogens (tertiary/aromatic N) is 2. The van der Waals surface area contributed by atoms with Gasteiger partial charge in [-0.1, -0.05) is 0 Å². The van der Waals surface area contributed by atoms with Crippen LogP contribution < -0.4 is 10.6 Å². The maximum absolute atomic E-state index is 7.55. The number of ether oxygens (including phenoxy) is 1. The van der Waals surface area contributed by atoms with Gasteiger partial charge in [0.25, 0.3) is 0 Å². The Bertz CT molecular complexity index is 393. The van der Waals surface area contributed by atoms with Gasteiger partial charge in [0.15, 0.2) is 0 Å². The minimum absolute atomic E-state index is 0.0797. The second-order valence-corrected chi connectivity index (χ2v) is 3.92. The lowest BCUT2D eigenvalue weighted by Gasteiger charge is -2.35. The number of hydrogen-bond donors (Lipinski definition) is 2. The number of nitrogens with two attached hydrogens (primary N) is 1. The summed E-state index contributed by atoms with van der Waals surface area (Å²) < 4.78 is 5.39. The van der Waals surface area contributed by atoms with E-state index in [0.29, 0.717) is 13.2 Å². The molecule has 0 aromatic carbocycles. The highest BCUT2D eigenvalue weighted by atomic mass is 16.5.